The van der Waals surface area contributed by atoms with Crippen molar-refractivity contribution < 1.29 is 14.5 Å². The summed E-state index contributed by atoms with van der Waals surface area (Å²) in [5.41, 5.74) is 6.04. The Labute approximate surface area is 167 Å². The fraction of sp³-hybridized carbons (Fsp3) is 0.333. The molecule has 28 heavy (non-hydrogen) atoms. The molecule has 1 N–H and O–H groups in total. The van der Waals surface area contributed by atoms with Crippen LogP contribution in [0.2, 0.25) is 0 Å². The minimum Gasteiger partial charge on any atom is -0.481 e. The minimum atomic E-state index is -0.765. The van der Waals surface area contributed by atoms with E-state index >= 15 is 0 Å². The van der Waals surface area contributed by atoms with Gasteiger partial charge in [0.1, 0.15) is 7.05 Å². The maximum Gasteiger partial charge on any atom is 0.305 e. The van der Waals surface area contributed by atoms with Gasteiger partial charge in [-0.3, -0.25) is 4.79 Å². The van der Waals surface area contributed by atoms with Crippen LogP contribution in [0.4, 0.5) is 11.4 Å². The Morgan fingerprint density at radius 1 is 1.11 bits per heavy atom. The molecule has 3 rings (SSSR count). The van der Waals surface area contributed by atoms with Crippen molar-refractivity contribution in [1.82, 2.24) is 0 Å². The Morgan fingerprint density at radius 3 is 2.39 bits per heavy atom. The van der Waals surface area contributed by atoms with Gasteiger partial charge in [-0.1, -0.05) is 30.3 Å². The minimum absolute atomic E-state index is 0.0301. The molecule has 4 nitrogen and oxygen atoms in total. The van der Waals surface area contributed by atoms with Crippen LogP contribution in [0, 0.1) is 0 Å². The van der Waals surface area contributed by atoms with Crippen LogP contribution in [0.15, 0.2) is 54.6 Å². The lowest BCUT2D eigenvalue weighted by atomic mass is 9.81. The molecule has 146 valence electrons. The van der Waals surface area contributed by atoms with Gasteiger partial charge in [0.2, 0.25) is 5.69 Å². The lowest BCUT2D eigenvalue weighted by molar-refractivity contribution is -0.401. The zero-order chi connectivity index (χ0) is 20.3. The topological polar surface area (TPSA) is 43.6 Å². The smallest absolute Gasteiger partial charge is 0.305 e. The maximum absolute atomic E-state index is 10.8. The highest BCUT2D eigenvalue weighted by atomic mass is 16.4. The summed E-state index contributed by atoms with van der Waals surface area (Å²) in [6.45, 7) is 7.88. The number of benzene rings is 2. The van der Waals surface area contributed by atoms with Crippen LogP contribution >= 0.6 is 0 Å². The Kier molecular flexibility index (Phi) is 5.68. The number of carboxylic acid groups (broad SMARTS) is 1. The van der Waals surface area contributed by atoms with E-state index in [9.17, 15) is 4.79 Å². The number of aliphatic carboxylic acids is 1. The Morgan fingerprint density at radius 2 is 1.79 bits per heavy atom. The molecule has 1 aliphatic heterocycles. The third-order valence-corrected chi connectivity index (χ3v) is 5.61. The number of hydrogen-bond donors (Lipinski definition) is 1. The summed E-state index contributed by atoms with van der Waals surface area (Å²) >= 11 is 0. The summed E-state index contributed by atoms with van der Waals surface area (Å²) in [6.07, 6.45) is 4.50. The van der Waals surface area contributed by atoms with Crippen LogP contribution in [0.3, 0.4) is 0 Å². The molecule has 2 aromatic carbocycles. The molecule has 0 fully saturated rings. The number of carbonyl (C=O) groups is 1. The van der Waals surface area contributed by atoms with E-state index in [1.807, 2.05) is 6.92 Å². The molecule has 4 heteroatoms. The molecule has 0 saturated carbocycles. The molecule has 1 heterocycles. The average Bonchev–Trinajstić information content (AvgIpc) is 2.87. The van der Waals surface area contributed by atoms with Crippen LogP contribution in [0.5, 0.6) is 0 Å². The summed E-state index contributed by atoms with van der Waals surface area (Å²) in [6, 6.07) is 16.9. The number of nitrogens with zero attached hydrogens (tertiary/aromatic N) is 2. The Hall–Kier alpha value is -2.88. The highest BCUT2D eigenvalue weighted by molar-refractivity contribution is 6.05. The van der Waals surface area contributed by atoms with E-state index in [0.717, 1.165) is 17.8 Å². The fourth-order valence-electron chi connectivity index (χ4n) is 3.97. The van der Waals surface area contributed by atoms with Crippen LogP contribution in [-0.2, 0) is 10.2 Å². The first kappa shape index (κ1) is 19.9. The monoisotopic (exact) mass is 377 g/mol. The predicted octanol–water partition coefficient (Wildman–Crippen LogP) is 4.71. The van der Waals surface area contributed by atoms with Crippen molar-refractivity contribution in [2.24, 2.45) is 0 Å². The highest BCUT2D eigenvalue weighted by Gasteiger charge is 2.42. The predicted molar refractivity (Wildman–Crippen MR) is 116 cm³/mol. The molecule has 0 aromatic heterocycles. The van der Waals surface area contributed by atoms with Crippen molar-refractivity contribution in [3.63, 3.8) is 0 Å². The number of allylic oxidation sites excluding steroid dienone is 1. The zero-order valence-electron chi connectivity index (χ0n) is 17.1. The van der Waals surface area contributed by atoms with E-state index < -0.39 is 5.97 Å². The van der Waals surface area contributed by atoms with Gasteiger partial charge in [0.15, 0.2) is 5.71 Å². The largest absolute Gasteiger partial charge is 0.481 e. The first-order valence-corrected chi connectivity index (χ1v) is 9.80. The van der Waals surface area contributed by atoms with Crippen LogP contribution in [0.25, 0.3) is 6.08 Å². The van der Waals surface area contributed by atoms with Crippen molar-refractivity contribution in [1.29, 1.82) is 0 Å². The second-order valence-electron chi connectivity index (χ2n) is 7.73. The third-order valence-electron chi connectivity index (χ3n) is 5.61. The van der Waals surface area contributed by atoms with E-state index in [1.54, 1.807) is 0 Å². The van der Waals surface area contributed by atoms with Crippen LogP contribution in [0.1, 0.15) is 38.3 Å². The van der Waals surface area contributed by atoms with Gasteiger partial charge in [0.05, 0.1) is 11.8 Å². The molecule has 0 atom stereocenters. The summed E-state index contributed by atoms with van der Waals surface area (Å²) in [4.78, 5) is 12.9. The summed E-state index contributed by atoms with van der Waals surface area (Å²) in [5, 5.41) is 8.91. The third kappa shape index (κ3) is 3.86. The number of para-hydroxylation sites is 1. The second kappa shape index (κ2) is 8.01. The van der Waals surface area contributed by atoms with Gasteiger partial charge >= 0.3 is 5.97 Å². The standard InChI is InChI=1S/C24H28N2O2/c1-5-26(17-16-23(27)28)19-13-10-18(11-14-19)12-15-22-24(2,3)20-8-6-7-9-21(20)25(22)4/h6-15H,5,16-17H2,1-4H3/p+1. The van der Waals surface area contributed by atoms with Gasteiger partial charge in [0, 0.05) is 36.5 Å². The van der Waals surface area contributed by atoms with Crippen LogP contribution < -0.4 is 4.90 Å². The summed E-state index contributed by atoms with van der Waals surface area (Å²) < 4.78 is 2.27. The van der Waals surface area contributed by atoms with E-state index in [-0.39, 0.29) is 11.8 Å². The number of hydrogen-bond acceptors (Lipinski definition) is 2. The van der Waals surface area contributed by atoms with Gasteiger partial charge in [-0.2, -0.15) is 4.58 Å². The first-order valence-electron chi connectivity index (χ1n) is 9.80. The van der Waals surface area contributed by atoms with E-state index in [2.05, 4.69) is 91.1 Å². The quantitative estimate of drug-likeness (QED) is 0.711. The normalized spacial score (nSPS) is 15.1. The molecule has 0 aliphatic carbocycles. The van der Waals surface area contributed by atoms with Gasteiger partial charge in [-0.05, 0) is 44.5 Å². The van der Waals surface area contributed by atoms with Crippen LogP contribution in [-0.4, -0.2) is 41.5 Å². The lowest BCUT2D eigenvalue weighted by Gasteiger charge is -2.22. The Balaban J connectivity index is 1.78. The average molecular weight is 378 g/mol. The zero-order valence-corrected chi connectivity index (χ0v) is 17.1. The fourth-order valence-corrected chi connectivity index (χ4v) is 3.97. The molecule has 0 radical (unpaired) electrons. The molecular weight excluding hydrogens is 348 g/mol. The van der Waals surface area contributed by atoms with Gasteiger partial charge in [0.25, 0.3) is 0 Å². The van der Waals surface area contributed by atoms with E-state index in [4.69, 9.17) is 5.11 Å². The van der Waals surface area contributed by atoms with Crippen molar-refractivity contribution in [3.05, 3.63) is 65.7 Å². The van der Waals surface area contributed by atoms with Crippen molar-refractivity contribution in [2.75, 3.05) is 25.0 Å². The van der Waals surface area contributed by atoms with Gasteiger partial charge < -0.3 is 10.0 Å². The summed E-state index contributed by atoms with van der Waals surface area (Å²) in [7, 11) is 2.12. The first-order chi connectivity index (χ1) is 13.3. The van der Waals surface area contributed by atoms with E-state index in [1.165, 1.54) is 17.0 Å². The van der Waals surface area contributed by atoms with Crippen molar-refractivity contribution in [2.45, 2.75) is 32.6 Å². The number of fused-ring (bicyclic) bond motifs is 1. The number of anilines is 1. The maximum atomic E-state index is 10.8. The van der Waals surface area contributed by atoms with Gasteiger partial charge in [-0.25, -0.2) is 0 Å². The van der Waals surface area contributed by atoms with Crippen molar-refractivity contribution in [3.8, 4) is 0 Å². The molecule has 2 aromatic rings. The molecule has 1 aliphatic rings. The second-order valence-corrected chi connectivity index (χ2v) is 7.73. The summed E-state index contributed by atoms with van der Waals surface area (Å²) in [5.74, 6) is -0.765. The van der Waals surface area contributed by atoms with Crippen molar-refractivity contribution >= 4 is 29.1 Å². The molecular formula is C24H29N2O2+. The molecule has 0 saturated heterocycles. The molecule has 0 amide bonds. The van der Waals surface area contributed by atoms with E-state index in [0.29, 0.717) is 6.54 Å². The Bertz CT molecular complexity index is 924. The lowest BCUT2D eigenvalue weighted by Crippen LogP contribution is -2.26. The molecule has 0 spiro atoms. The van der Waals surface area contributed by atoms with Gasteiger partial charge in [-0.15, -0.1) is 0 Å². The molecule has 0 unspecified atom stereocenters. The highest BCUT2D eigenvalue weighted by Crippen LogP contribution is 2.39. The number of rotatable bonds is 7. The SMILES string of the molecule is CCN(CCC(=O)O)c1ccc(/C=C/C2=[N+](C)c3ccccc3C2(C)C)cc1. The number of carboxylic acids is 1. The molecule has 0 bridgehead atoms.